The quantitative estimate of drug-likeness (QED) is 0.891. The van der Waals surface area contributed by atoms with Crippen LogP contribution in [-0.4, -0.2) is 41.7 Å². The van der Waals surface area contributed by atoms with Crippen LogP contribution in [0.1, 0.15) is 25.3 Å². The van der Waals surface area contributed by atoms with Crippen molar-refractivity contribution in [3.63, 3.8) is 0 Å². The summed E-state index contributed by atoms with van der Waals surface area (Å²) in [6.07, 6.45) is 3.89. The van der Waals surface area contributed by atoms with Crippen LogP contribution in [0.3, 0.4) is 0 Å². The van der Waals surface area contributed by atoms with Gasteiger partial charge in [-0.3, -0.25) is 9.69 Å². The molecule has 1 N–H and O–H groups in total. The zero-order valence-electron chi connectivity index (χ0n) is 12.6. The first-order valence-electron chi connectivity index (χ1n) is 7.63. The van der Waals surface area contributed by atoms with Gasteiger partial charge in [-0.1, -0.05) is 15.9 Å². The Morgan fingerprint density at radius 1 is 1.50 bits per heavy atom. The number of hydrogen-bond acceptors (Lipinski definition) is 3. The SMILES string of the molecule is C[C@@H]1[C@H](C(=O)O)CCCN1CC1=Cc2cc(Br)ccc2OC1. The van der Waals surface area contributed by atoms with E-state index in [2.05, 4.69) is 26.9 Å². The highest BCUT2D eigenvalue weighted by Crippen LogP contribution is 2.31. The lowest BCUT2D eigenvalue weighted by molar-refractivity contribution is -0.145. The molecule has 0 bridgehead atoms. The number of ether oxygens (including phenoxy) is 1. The second kappa shape index (κ2) is 6.42. The van der Waals surface area contributed by atoms with Crippen LogP contribution in [0.2, 0.25) is 0 Å². The fourth-order valence-corrected chi connectivity index (χ4v) is 3.69. The molecule has 2 aliphatic heterocycles. The van der Waals surface area contributed by atoms with Crippen molar-refractivity contribution in [3.05, 3.63) is 33.8 Å². The van der Waals surface area contributed by atoms with E-state index in [1.54, 1.807) is 0 Å². The lowest BCUT2D eigenvalue weighted by Crippen LogP contribution is -2.47. The monoisotopic (exact) mass is 365 g/mol. The van der Waals surface area contributed by atoms with Crippen LogP contribution in [0.5, 0.6) is 5.75 Å². The molecule has 0 radical (unpaired) electrons. The number of carboxylic acids is 1. The third-order valence-electron chi connectivity index (χ3n) is 4.59. The molecule has 2 atom stereocenters. The first kappa shape index (κ1) is 15.6. The highest BCUT2D eigenvalue weighted by molar-refractivity contribution is 9.10. The summed E-state index contributed by atoms with van der Waals surface area (Å²) in [5, 5.41) is 9.32. The Bertz CT molecular complexity index is 614. The first-order chi connectivity index (χ1) is 10.5. The third-order valence-corrected chi connectivity index (χ3v) is 5.08. The van der Waals surface area contributed by atoms with Crippen LogP contribution in [0.25, 0.3) is 6.08 Å². The zero-order valence-corrected chi connectivity index (χ0v) is 14.2. The van der Waals surface area contributed by atoms with Gasteiger partial charge in [0.25, 0.3) is 0 Å². The Morgan fingerprint density at radius 2 is 2.32 bits per heavy atom. The molecule has 0 aromatic heterocycles. The highest BCUT2D eigenvalue weighted by atomic mass is 79.9. The summed E-state index contributed by atoms with van der Waals surface area (Å²) in [6, 6.07) is 6.06. The predicted octanol–water partition coefficient (Wildman–Crippen LogP) is 3.41. The summed E-state index contributed by atoms with van der Waals surface area (Å²) in [5.41, 5.74) is 2.28. The molecule has 0 aliphatic carbocycles. The number of rotatable bonds is 3. The lowest BCUT2D eigenvalue weighted by atomic mass is 9.90. The summed E-state index contributed by atoms with van der Waals surface area (Å²) in [6.45, 7) is 4.33. The number of aliphatic carboxylic acids is 1. The largest absolute Gasteiger partial charge is 0.489 e. The maximum absolute atomic E-state index is 11.3. The van der Waals surface area contributed by atoms with Gasteiger partial charge in [0.15, 0.2) is 0 Å². The van der Waals surface area contributed by atoms with Crippen LogP contribution in [0.4, 0.5) is 0 Å². The molecule has 1 aromatic carbocycles. The van der Waals surface area contributed by atoms with Crippen molar-refractivity contribution in [1.29, 1.82) is 0 Å². The van der Waals surface area contributed by atoms with Crippen LogP contribution >= 0.6 is 15.9 Å². The van der Waals surface area contributed by atoms with Gasteiger partial charge in [-0.15, -0.1) is 0 Å². The molecular weight excluding hydrogens is 346 g/mol. The number of nitrogens with zero attached hydrogens (tertiary/aromatic N) is 1. The van der Waals surface area contributed by atoms with Gasteiger partial charge in [-0.05, 0) is 56.2 Å². The molecule has 4 nitrogen and oxygen atoms in total. The summed E-state index contributed by atoms with van der Waals surface area (Å²) in [7, 11) is 0. The number of hydrogen-bond donors (Lipinski definition) is 1. The van der Waals surface area contributed by atoms with Crippen molar-refractivity contribution in [3.8, 4) is 5.75 Å². The van der Waals surface area contributed by atoms with Crippen molar-refractivity contribution >= 4 is 28.0 Å². The molecule has 22 heavy (non-hydrogen) atoms. The van der Waals surface area contributed by atoms with Crippen LogP contribution < -0.4 is 4.74 Å². The predicted molar refractivity (Wildman–Crippen MR) is 89.0 cm³/mol. The summed E-state index contributed by atoms with van der Waals surface area (Å²) in [5.74, 6) is -0.0392. The number of carbonyl (C=O) groups is 1. The molecule has 118 valence electrons. The number of likely N-dealkylation sites (tertiary alicyclic amines) is 1. The van der Waals surface area contributed by atoms with E-state index >= 15 is 0 Å². The number of fused-ring (bicyclic) bond motifs is 1. The van der Waals surface area contributed by atoms with E-state index < -0.39 is 5.97 Å². The van der Waals surface area contributed by atoms with Crippen molar-refractivity contribution in [2.45, 2.75) is 25.8 Å². The Morgan fingerprint density at radius 3 is 3.09 bits per heavy atom. The molecule has 5 heteroatoms. The van der Waals surface area contributed by atoms with E-state index in [1.807, 2.05) is 25.1 Å². The molecule has 2 aliphatic rings. The van der Waals surface area contributed by atoms with E-state index in [0.29, 0.717) is 6.61 Å². The first-order valence-corrected chi connectivity index (χ1v) is 8.42. The summed E-state index contributed by atoms with van der Waals surface area (Å²) in [4.78, 5) is 13.6. The average molecular weight is 366 g/mol. The molecule has 0 amide bonds. The molecule has 1 fully saturated rings. The molecule has 2 heterocycles. The normalized spacial score (nSPS) is 25.1. The van der Waals surface area contributed by atoms with Gasteiger partial charge in [-0.25, -0.2) is 0 Å². The summed E-state index contributed by atoms with van der Waals surface area (Å²) >= 11 is 3.48. The Labute approximate surface area is 138 Å². The molecule has 0 unspecified atom stereocenters. The van der Waals surface area contributed by atoms with Gasteiger partial charge < -0.3 is 9.84 Å². The highest BCUT2D eigenvalue weighted by Gasteiger charge is 2.33. The minimum atomic E-state index is -0.680. The van der Waals surface area contributed by atoms with Crippen LogP contribution in [0, 0.1) is 5.92 Å². The van der Waals surface area contributed by atoms with E-state index in [-0.39, 0.29) is 12.0 Å². The van der Waals surface area contributed by atoms with Gasteiger partial charge in [0.2, 0.25) is 0 Å². The fraction of sp³-hybridized carbons (Fsp3) is 0.471. The molecule has 1 saturated heterocycles. The molecule has 0 spiro atoms. The zero-order chi connectivity index (χ0) is 15.7. The maximum atomic E-state index is 11.3. The molecular formula is C17H20BrNO3. The third kappa shape index (κ3) is 3.20. The van der Waals surface area contributed by atoms with Gasteiger partial charge in [0.05, 0.1) is 5.92 Å². The lowest BCUT2D eigenvalue weighted by Gasteiger charge is -2.38. The van der Waals surface area contributed by atoms with E-state index in [4.69, 9.17) is 4.74 Å². The molecule has 1 aromatic rings. The van der Waals surface area contributed by atoms with Crippen LogP contribution in [-0.2, 0) is 4.79 Å². The van der Waals surface area contributed by atoms with E-state index in [9.17, 15) is 9.90 Å². The van der Waals surface area contributed by atoms with Gasteiger partial charge in [-0.2, -0.15) is 0 Å². The number of carboxylic acid groups (broad SMARTS) is 1. The standard InChI is InChI=1S/C17H20BrNO3/c1-11-15(17(20)21)3-2-6-19(11)9-12-7-13-8-14(18)4-5-16(13)22-10-12/h4-5,7-8,11,15H,2-3,6,9-10H2,1H3,(H,20,21)/t11-,15-/m1/s1. The topological polar surface area (TPSA) is 49.8 Å². The Balaban J connectivity index is 1.74. The number of halogens is 1. The maximum Gasteiger partial charge on any atom is 0.308 e. The van der Waals surface area contributed by atoms with Gasteiger partial charge in [0, 0.05) is 22.6 Å². The smallest absolute Gasteiger partial charge is 0.308 e. The van der Waals surface area contributed by atoms with Crippen molar-refractivity contribution in [1.82, 2.24) is 4.90 Å². The minimum Gasteiger partial charge on any atom is -0.489 e. The number of piperidine rings is 1. The molecule has 3 rings (SSSR count). The second-order valence-corrected chi connectivity index (χ2v) is 6.99. The van der Waals surface area contributed by atoms with Gasteiger partial charge >= 0.3 is 5.97 Å². The minimum absolute atomic E-state index is 0.0658. The van der Waals surface area contributed by atoms with Gasteiger partial charge in [0.1, 0.15) is 12.4 Å². The summed E-state index contributed by atoms with van der Waals surface area (Å²) < 4.78 is 6.84. The van der Waals surface area contributed by atoms with Crippen molar-refractivity contribution < 1.29 is 14.6 Å². The van der Waals surface area contributed by atoms with Crippen molar-refractivity contribution in [2.75, 3.05) is 19.7 Å². The van der Waals surface area contributed by atoms with E-state index in [0.717, 1.165) is 41.7 Å². The second-order valence-electron chi connectivity index (χ2n) is 6.07. The fourth-order valence-electron chi connectivity index (χ4n) is 3.31. The number of benzene rings is 1. The molecule has 0 saturated carbocycles. The Kier molecular flexibility index (Phi) is 4.54. The Hall–Kier alpha value is -1.33. The van der Waals surface area contributed by atoms with E-state index in [1.165, 1.54) is 5.57 Å². The van der Waals surface area contributed by atoms with Crippen LogP contribution in [0.15, 0.2) is 28.2 Å². The van der Waals surface area contributed by atoms with Crippen molar-refractivity contribution in [2.24, 2.45) is 5.92 Å². The average Bonchev–Trinajstić information content (AvgIpc) is 2.48.